The summed E-state index contributed by atoms with van der Waals surface area (Å²) >= 11 is 0. The SMILES string of the molecule is CCN(CC)C(=O)COC(=O)c1c(N)c(C)nn1CC. The van der Waals surface area contributed by atoms with E-state index < -0.39 is 5.97 Å². The summed E-state index contributed by atoms with van der Waals surface area (Å²) in [6.07, 6.45) is 0. The van der Waals surface area contributed by atoms with E-state index in [0.29, 0.717) is 31.0 Å². The van der Waals surface area contributed by atoms with Crippen LogP contribution < -0.4 is 5.73 Å². The Hall–Kier alpha value is -2.05. The molecular formula is C13H22N4O3. The molecule has 0 saturated heterocycles. The topological polar surface area (TPSA) is 90.4 Å². The van der Waals surface area contributed by atoms with Gasteiger partial charge in [0.05, 0.1) is 11.4 Å². The standard InChI is InChI=1S/C13H22N4O3/c1-5-16(6-2)10(18)8-20-13(19)12-11(14)9(4)15-17(12)7-3/h5-8,14H2,1-4H3. The highest BCUT2D eigenvalue weighted by atomic mass is 16.5. The summed E-state index contributed by atoms with van der Waals surface area (Å²) in [5.41, 5.74) is 6.90. The number of hydrogen-bond donors (Lipinski definition) is 1. The number of carbonyl (C=O) groups excluding carboxylic acids is 2. The molecule has 0 aromatic carbocycles. The molecule has 1 rings (SSSR count). The number of nitrogens with zero attached hydrogens (tertiary/aromatic N) is 3. The van der Waals surface area contributed by atoms with Crippen LogP contribution in [0.4, 0.5) is 5.69 Å². The lowest BCUT2D eigenvalue weighted by atomic mass is 10.3. The monoisotopic (exact) mass is 282 g/mol. The van der Waals surface area contributed by atoms with Gasteiger partial charge in [-0.1, -0.05) is 0 Å². The Morgan fingerprint density at radius 3 is 2.40 bits per heavy atom. The molecule has 0 aliphatic heterocycles. The highest BCUT2D eigenvalue weighted by Gasteiger charge is 2.22. The Bertz CT molecular complexity index is 492. The minimum absolute atomic E-state index is 0.206. The second-order valence-corrected chi connectivity index (χ2v) is 4.31. The smallest absolute Gasteiger partial charge is 0.359 e. The summed E-state index contributed by atoms with van der Waals surface area (Å²) in [5.74, 6) is -0.841. The number of esters is 1. The molecule has 0 aliphatic rings. The average molecular weight is 282 g/mol. The molecule has 1 aromatic heterocycles. The number of carbonyl (C=O) groups is 2. The van der Waals surface area contributed by atoms with E-state index in [1.807, 2.05) is 20.8 Å². The maximum Gasteiger partial charge on any atom is 0.359 e. The van der Waals surface area contributed by atoms with Crippen molar-refractivity contribution in [3.8, 4) is 0 Å². The van der Waals surface area contributed by atoms with E-state index in [9.17, 15) is 9.59 Å². The molecule has 0 aliphatic carbocycles. The Labute approximate surface area is 118 Å². The highest BCUT2D eigenvalue weighted by molar-refractivity contribution is 5.95. The maximum atomic E-state index is 12.0. The van der Waals surface area contributed by atoms with E-state index in [0.717, 1.165) is 0 Å². The van der Waals surface area contributed by atoms with Crippen LogP contribution in [-0.2, 0) is 16.1 Å². The number of anilines is 1. The largest absolute Gasteiger partial charge is 0.451 e. The summed E-state index contributed by atoms with van der Waals surface area (Å²) in [5, 5.41) is 4.14. The zero-order valence-electron chi connectivity index (χ0n) is 12.5. The van der Waals surface area contributed by atoms with Gasteiger partial charge in [-0.15, -0.1) is 0 Å². The van der Waals surface area contributed by atoms with Crippen LogP contribution >= 0.6 is 0 Å². The van der Waals surface area contributed by atoms with Gasteiger partial charge >= 0.3 is 5.97 Å². The van der Waals surface area contributed by atoms with Crippen molar-refractivity contribution in [1.29, 1.82) is 0 Å². The van der Waals surface area contributed by atoms with E-state index in [4.69, 9.17) is 10.5 Å². The molecule has 0 spiro atoms. The molecule has 1 aromatic rings. The van der Waals surface area contributed by atoms with Gasteiger partial charge in [0.25, 0.3) is 5.91 Å². The van der Waals surface area contributed by atoms with E-state index in [1.165, 1.54) is 4.68 Å². The van der Waals surface area contributed by atoms with Crippen molar-refractivity contribution in [1.82, 2.24) is 14.7 Å². The Kier molecular flexibility index (Phi) is 5.54. The van der Waals surface area contributed by atoms with Gasteiger partial charge in [0, 0.05) is 19.6 Å². The summed E-state index contributed by atoms with van der Waals surface area (Å²) in [4.78, 5) is 25.4. The third-order valence-corrected chi connectivity index (χ3v) is 3.11. The fourth-order valence-electron chi connectivity index (χ4n) is 1.90. The Morgan fingerprint density at radius 2 is 1.90 bits per heavy atom. The maximum absolute atomic E-state index is 12.0. The van der Waals surface area contributed by atoms with Crippen molar-refractivity contribution in [3.05, 3.63) is 11.4 Å². The lowest BCUT2D eigenvalue weighted by molar-refractivity contribution is -0.134. The summed E-state index contributed by atoms with van der Waals surface area (Å²) in [6, 6.07) is 0. The number of hydrogen-bond acceptors (Lipinski definition) is 5. The highest BCUT2D eigenvalue weighted by Crippen LogP contribution is 2.17. The van der Waals surface area contributed by atoms with Crippen molar-refractivity contribution < 1.29 is 14.3 Å². The summed E-state index contributed by atoms with van der Waals surface area (Å²) in [6.45, 7) is 8.71. The van der Waals surface area contributed by atoms with Crippen LogP contribution in [0.25, 0.3) is 0 Å². The number of nitrogen functional groups attached to an aromatic ring is 1. The first kappa shape index (κ1) is 16.0. The van der Waals surface area contributed by atoms with Crippen LogP contribution in [0.3, 0.4) is 0 Å². The number of amides is 1. The molecule has 0 saturated carbocycles. The molecule has 0 unspecified atom stereocenters. The minimum Gasteiger partial charge on any atom is -0.451 e. The van der Waals surface area contributed by atoms with Gasteiger partial charge in [-0.2, -0.15) is 5.10 Å². The first-order valence-corrected chi connectivity index (χ1v) is 6.73. The molecule has 1 amide bonds. The molecule has 7 heteroatoms. The quantitative estimate of drug-likeness (QED) is 0.780. The van der Waals surface area contributed by atoms with Gasteiger partial charge in [-0.3, -0.25) is 9.48 Å². The van der Waals surface area contributed by atoms with Crippen LogP contribution in [0.5, 0.6) is 0 Å². The molecule has 2 N–H and O–H groups in total. The summed E-state index contributed by atoms with van der Waals surface area (Å²) < 4.78 is 6.52. The van der Waals surface area contributed by atoms with Gasteiger partial charge in [-0.25, -0.2) is 4.79 Å². The van der Waals surface area contributed by atoms with Crippen molar-refractivity contribution in [2.75, 3.05) is 25.4 Å². The molecule has 1 heterocycles. The molecule has 0 radical (unpaired) electrons. The van der Waals surface area contributed by atoms with Crippen molar-refractivity contribution >= 4 is 17.6 Å². The van der Waals surface area contributed by atoms with E-state index in [2.05, 4.69) is 5.10 Å². The lowest BCUT2D eigenvalue weighted by Gasteiger charge is -2.18. The van der Waals surface area contributed by atoms with Crippen LogP contribution in [0.1, 0.15) is 37.0 Å². The van der Waals surface area contributed by atoms with Gasteiger partial charge in [0.2, 0.25) is 0 Å². The second kappa shape index (κ2) is 6.93. The Morgan fingerprint density at radius 1 is 1.30 bits per heavy atom. The number of ether oxygens (including phenoxy) is 1. The van der Waals surface area contributed by atoms with Crippen molar-refractivity contribution in [2.24, 2.45) is 0 Å². The third kappa shape index (κ3) is 3.28. The third-order valence-electron chi connectivity index (χ3n) is 3.11. The van der Waals surface area contributed by atoms with Gasteiger partial charge in [-0.05, 0) is 27.7 Å². The zero-order valence-corrected chi connectivity index (χ0v) is 12.5. The first-order chi connectivity index (χ1) is 9.46. The summed E-state index contributed by atoms with van der Waals surface area (Å²) in [7, 11) is 0. The molecular weight excluding hydrogens is 260 g/mol. The molecule has 20 heavy (non-hydrogen) atoms. The molecule has 0 bridgehead atoms. The predicted molar refractivity (Wildman–Crippen MR) is 75.3 cm³/mol. The molecule has 112 valence electrons. The predicted octanol–water partition coefficient (Wildman–Crippen LogP) is 0.819. The number of likely N-dealkylation sites (N-methyl/N-ethyl adjacent to an activating group) is 1. The zero-order chi connectivity index (χ0) is 15.3. The molecule has 0 fully saturated rings. The van der Waals surface area contributed by atoms with Gasteiger partial charge in [0.15, 0.2) is 12.3 Å². The van der Waals surface area contributed by atoms with Crippen LogP contribution in [0.2, 0.25) is 0 Å². The molecule has 7 nitrogen and oxygen atoms in total. The molecule has 0 atom stereocenters. The van der Waals surface area contributed by atoms with E-state index in [1.54, 1.807) is 11.8 Å². The fraction of sp³-hybridized carbons (Fsp3) is 0.615. The van der Waals surface area contributed by atoms with Crippen molar-refractivity contribution in [2.45, 2.75) is 34.2 Å². The number of aromatic nitrogens is 2. The van der Waals surface area contributed by atoms with Gasteiger partial charge in [0.1, 0.15) is 0 Å². The fourth-order valence-corrected chi connectivity index (χ4v) is 1.90. The number of rotatable bonds is 6. The number of nitrogens with two attached hydrogens (primary N) is 1. The second-order valence-electron chi connectivity index (χ2n) is 4.31. The minimum atomic E-state index is -0.620. The van der Waals surface area contributed by atoms with Crippen molar-refractivity contribution in [3.63, 3.8) is 0 Å². The normalized spacial score (nSPS) is 10.4. The Balaban J connectivity index is 2.75. The van der Waals surface area contributed by atoms with Crippen LogP contribution in [0.15, 0.2) is 0 Å². The van der Waals surface area contributed by atoms with Crippen LogP contribution in [-0.4, -0.2) is 46.3 Å². The van der Waals surface area contributed by atoms with Crippen LogP contribution in [0, 0.1) is 6.92 Å². The lowest BCUT2D eigenvalue weighted by Crippen LogP contribution is -2.34. The first-order valence-electron chi connectivity index (χ1n) is 6.73. The van der Waals surface area contributed by atoms with E-state index >= 15 is 0 Å². The van der Waals surface area contributed by atoms with E-state index in [-0.39, 0.29) is 18.2 Å². The average Bonchev–Trinajstić information content (AvgIpc) is 2.73. The number of aryl methyl sites for hydroxylation is 2. The van der Waals surface area contributed by atoms with Gasteiger partial charge < -0.3 is 15.4 Å².